The zero-order valence-corrected chi connectivity index (χ0v) is 16.1. The monoisotopic (exact) mass is 405 g/mol. The van der Waals surface area contributed by atoms with Gasteiger partial charge < -0.3 is 10.1 Å². The quantitative estimate of drug-likeness (QED) is 0.530. The Bertz CT molecular complexity index is 847. The molecule has 154 valence electrons. The van der Waals surface area contributed by atoms with E-state index in [0.29, 0.717) is 11.6 Å². The van der Waals surface area contributed by atoms with Gasteiger partial charge in [0, 0.05) is 6.08 Å². The van der Waals surface area contributed by atoms with E-state index in [1.807, 2.05) is 0 Å². The van der Waals surface area contributed by atoms with Crippen molar-refractivity contribution in [1.29, 1.82) is 0 Å². The molecule has 0 fully saturated rings. The maximum atomic E-state index is 13.5. The summed E-state index contributed by atoms with van der Waals surface area (Å²) in [7, 11) is 0. The largest absolute Gasteiger partial charge is 0.463 e. The minimum absolute atomic E-state index is 0.120. The number of benzene rings is 2. The molecule has 1 atom stereocenters. The number of carbonyl (C=O) groups excluding carboxylic acids is 2. The van der Waals surface area contributed by atoms with Crippen LogP contribution in [-0.2, 0) is 14.3 Å². The number of alkyl halides is 3. The van der Waals surface area contributed by atoms with Crippen LogP contribution < -0.4 is 5.32 Å². The van der Waals surface area contributed by atoms with Crippen LogP contribution in [0, 0.1) is 0 Å². The van der Waals surface area contributed by atoms with E-state index in [1.165, 1.54) is 24.3 Å². The van der Waals surface area contributed by atoms with Gasteiger partial charge in [-0.1, -0.05) is 60.7 Å². The Morgan fingerprint density at radius 3 is 2.07 bits per heavy atom. The summed E-state index contributed by atoms with van der Waals surface area (Å²) in [6.07, 6.45) is -4.74. The second kappa shape index (κ2) is 9.91. The highest BCUT2D eigenvalue weighted by Crippen LogP contribution is 2.33. The summed E-state index contributed by atoms with van der Waals surface area (Å²) in [6.45, 7) is 3.37. The summed E-state index contributed by atoms with van der Waals surface area (Å²) in [4.78, 5) is 24.5. The summed E-state index contributed by atoms with van der Waals surface area (Å²) in [5.74, 6) is -1.51. The molecule has 2 aromatic rings. The summed E-state index contributed by atoms with van der Waals surface area (Å²) in [5, 5.41) is 2.49. The molecule has 0 aliphatic heterocycles. The van der Waals surface area contributed by atoms with Crippen molar-refractivity contribution >= 4 is 17.4 Å². The predicted molar refractivity (Wildman–Crippen MR) is 104 cm³/mol. The van der Waals surface area contributed by atoms with E-state index < -0.39 is 29.7 Å². The molecule has 0 bridgehead atoms. The number of nitrogens with one attached hydrogen (secondary N) is 1. The van der Waals surface area contributed by atoms with E-state index in [-0.39, 0.29) is 18.1 Å². The average Bonchev–Trinajstić information content (AvgIpc) is 2.65. The molecule has 0 radical (unpaired) electrons. The van der Waals surface area contributed by atoms with Crippen LogP contribution in [0.3, 0.4) is 0 Å². The van der Waals surface area contributed by atoms with Crippen molar-refractivity contribution in [3.63, 3.8) is 0 Å². The molecule has 29 heavy (non-hydrogen) atoms. The van der Waals surface area contributed by atoms with Crippen LogP contribution in [0.15, 0.2) is 66.7 Å². The van der Waals surface area contributed by atoms with Gasteiger partial charge in [-0.3, -0.25) is 9.59 Å². The SMILES string of the molecule is CC(C)OC(=O)CC(NC(=O)/C=C(/c1ccccc1)C(F)(F)F)c1ccccc1. The summed E-state index contributed by atoms with van der Waals surface area (Å²) >= 11 is 0. The van der Waals surface area contributed by atoms with Gasteiger partial charge in [-0.2, -0.15) is 13.2 Å². The van der Waals surface area contributed by atoms with Crippen molar-refractivity contribution in [3.05, 3.63) is 77.9 Å². The van der Waals surface area contributed by atoms with Gasteiger partial charge in [-0.25, -0.2) is 0 Å². The molecule has 2 aromatic carbocycles. The number of ether oxygens (including phenoxy) is 1. The topological polar surface area (TPSA) is 55.4 Å². The van der Waals surface area contributed by atoms with E-state index in [4.69, 9.17) is 4.74 Å². The van der Waals surface area contributed by atoms with Crippen LogP contribution >= 0.6 is 0 Å². The molecule has 0 aliphatic carbocycles. The number of rotatable bonds is 7. The minimum atomic E-state index is -4.71. The van der Waals surface area contributed by atoms with Gasteiger partial charge in [0.05, 0.1) is 24.1 Å². The third-order valence-corrected chi connectivity index (χ3v) is 3.92. The predicted octanol–water partition coefficient (Wildman–Crippen LogP) is 4.83. The zero-order chi connectivity index (χ0) is 21.4. The summed E-state index contributed by atoms with van der Waals surface area (Å²) < 4.78 is 45.5. The highest BCUT2D eigenvalue weighted by atomic mass is 19.4. The van der Waals surface area contributed by atoms with E-state index in [9.17, 15) is 22.8 Å². The van der Waals surface area contributed by atoms with E-state index >= 15 is 0 Å². The van der Waals surface area contributed by atoms with E-state index in [1.54, 1.807) is 50.2 Å². The molecule has 2 rings (SSSR count). The third-order valence-electron chi connectivity index (χ3n) is 3.92. The first-order chi connectivity index (χ1) is 13.7. The number of esters is 1. The van der Waals surface area contributed by atoms with Crippen LogP contribution in [-0.4, -0.2) is 24.2 Å². The number of hydrogen-bond acceptors (Lipinski definition) is 3. The maximum Gasteiger partial charge on any atom is 0.417 e. The van der Waals surface area contributed by atoms with Gasteiger partial charge in [0.2, 0.25) is 5.91 Å². The van der Waals surface area contributed by atoms with Gasteiger partial charge in [0.1, 0.15) is 0 Å². The number of amides is 1. The van der Waals surface area contributed by atoms with Gasteiger partial charge >= 0.3 is 12.1 Å². The van der Waals surface area contributed by atoms with Crippen molar-refractivity contribution < 1.29 is 27.5 Å². The first-order valence-electron chi connectivity index (χ1n) is 9.06. The molecule has 0 aromatic heterocycles. The Labute approximate surface area is 167 Å². The van der Waals surface area contributed by atoms with E-state index in [2.05, 4.69) is 5.32 Å². The smallest absolute Gasteiger partial charge is 0.417 e. The Hall–Kier alpha value is -3.09. The second-order valence-electron chi connectivity index (χ2n) is 6.64. The molecular weight excluding hydrogens is 383 g/mol. The molecular formula is C22H22F3NO3. The zero-order valence-electron chi connectivity index (χ0n) is 16.1. The fourth-order valence-corrected chi connectivity index (χ4v) is 2.71. The van der Waals surface area contributed by atoms with Crippen molar-refractivity contribution in [3.8, 4) is 0 Å². The van der Waals surface area contributed by atoms with Crippen molar-refractivity contribution in [2.75, 3.05) is 0 Å². The van der Waals surface area contributed by atoms with E-state index in [0.717, 1.165) is 0 Å². The standard InChI is InChI=1S/C22H22F3NO3/c1-15(2)29-21(28)14-19(17-11-7-4-8-12-17)26-20(27)13-18(22(23,24)25)16-9-5-3-6-10-16/h3-13,15,19H,14H2,1-2H3,(H,26,27)/b18-13-. The Morgan fingerprint density at radius 1 is 1.00 bits per heavy atom. The minimum Gasteiger partial charge on any atom is -0.463 e. The molecule has 1 amide bonds. The lowest BCUT2D eigenvalue weighted by Crippen LogP contribution is -2.30. The molecule has 0 heterocycles. The van der Waals surface area contributed by atoms with Crippen LogP contribution in [0.4, 0.5) is 13.2 Å². The number of hydrogen-bond donors (Lipinski definition) is 1. The van der Waals surface area contributed by atoms with Crippen molar-refractivity contribution in [1.82, 2.24) is 5.32 Å². The van der Waals surface area contributed by atoms with Crippen LogP contribution in [0.1, 0.15) is 37.4 Å². The molecule has 1 N–H and O–H groups in total. The summed E-state index contributed by atoms with van der Waals surface area (Å²) in [5.41, 5.74) is -0.596. The fraction of sp³-hybridized carbons (Fsp3) is 0.273. The Morgan fingerprint density at radius 2 is 1.55 bits per heavy atom. The molecule has 1 unspecified atom stereocenters. The van der Waals surface area contributed by atoms with Crippen LogP contribution in [0.25, 0.3) is 5.57 Å². The third kappa shape index (κ3) is 7.10. The first kappa shape index (κ1) is 22.2. The average molecular weight is 405 g/mol. The Kier molecular flexibility index (Phi) is 7.59. The number of allylic oxidation sites excluding steroid dienone is 1. The van der Waals surface area contributed by atoms with Crippen molar-refractivity contribution in [2.24, 2.45) is 0 Å². The van der Waals surface area contributed by atoms with Gasteiger partial charge in [0.15, 0.2) is 0 Å². The lowest BCUT2D eigenvalue weighted by Gasteiger charge is -2.19. The molecule has 0 saturated carbocycles. The first-order valence-corrected chi connectivity index (χ1v) is 9.06. The molecule has 7 heteroatoms. The lowest BCUT2D eigenvalue weighted by molar-refractivity contribution is -0.148. The summed E-state index contributed by atoms with van der Waals surface area (Å²) in [6, 6.07) is 14.8. The fourth-order valence-electron chi connectivity index (χ4n) is 2.71. The molecule has 0 saturated heterocycles. The normalized spacial score (nSPS) is 13.1. The Balaban J connectivity index is 2.27. The molecule has 0 spiro atoms. The van der Waals surface area contributed by atoms with Crippen molar-refractivity contribution in [2.45, 2.75) is 38.6 Å². The van der Waals surface area contributed by atoms with Gasteiger partial charge in [0.25, 0.3) is 0 Å². The van der Waals surface area contributed by atoms with Gasteiger partial charge in [-0.15, -0.1) is 0 Å². The highest BCUT2D eigenvalue weighted by Gasteiger charge is 2.35. The van der Waals surface area contributed by atoms with Crippen LogP contribution in [0.5, 0.6) is 0 Å². The second-order valence-corrected chi connectivity index (χ2v) is 6.64. The number of halogens is 3. The maximum absolute atomic E-state index is 13.5. The van der Waals surface area contributed by atoms with Gasteiger partial charge in [-0.05, 0) is 25.0 Å². The highest BCUT2D eigenvalue weighted by molar-refractivity contribution is 5.96. The van der Waals surface area contributed by atoms with Crippen LogP contribution in [0.2, 0.25) is 0 Å². The lowest BCUT2D eigenvalue weighted by atomic mass is 10.0. The molecule has 0 aliphatic rings. The molecule has 4 nitrogen and oxygen atoms in total. The number of carbonyl (C=O) groups is 2.